The Bertz CT molecular complexity index is 563. The number of hydrogen-bond acceptors (Lipinski definition) is 4. The second kappa shape index (κ2) is 7.26. The van der Waals surface area contributed by atoms with Gasteiger partial charge in [0.05, 0.1) is 19.3 Å². The average Bonchev–Trinajstić information content (AvgIpc) is 2.52. The minimum Gasteiger partial charge on any atom is -0.507 e. The second-order valence-corrected chi connectivity index (χ2v) is 9.35. The van der Waals surface area contributed by atoms with Crippen molar-refractivity contribution >= 4 is 0 Å². The highest BCUT2D eigenvalue weighted by atomic mass is 16.5. The molecule has 2 N–H and O–H groups in total. The summed E-state index contributed by atoms with van der Waals surface area (Å²) in [6.07, 6.45) is -0.0365. The first-order chi connectivity index (χ1) is 11.4. The first-order valence-electron chi connectivity index (χ1n) is 9.29. The van der Waals surface area contributed by atoms with Crippen LogP contribution in [0.3, 0.4) is 0 Å². The van der Waals surface area contributed by atoms with Crippen LogP contribution in [0.15, 0.2) is 12.1 Å². The van der Waals surface area contributed by atoms with Crippen LogP contribution in [0, 0.1) is 0 Å². The molecule has 2 atom stereocenters. The Morgan fingerprint density at radius 1 is 1.12 bits per heavy atom. The predicted octanol–water partition coefficient (Wildman–Crippen LogP) is 3.74. The normalized spacial score (nSPS) is 21.4. The maximum absolute atomic E-state index is 10.9. The minimum absolute atomic E-state index is 0.0365. The maximum atomic E-state index is 10.9. The molecule has 0 aliphatic carbocycles. The summed E-state index contributed by atoms with van der Waals surface area (Å²) in [6, 6.07) is 4.33. The number of hydrogen-bond donors (Lipinski definition) is 2. The van der Waals surface area contributed by atoms with Crippen molar-refractivity contribution in [3.63, 3.8) is 0 Å². The van der Waals surface area contributed by atoms with E-state index in [1.807, 2.05) is 6.92 Å². The lowest BCUT2D eigenvalue weighted by atomic mass is 9.78. The van der Waals surface area contributed by atoms with Crippen LogP contribution < -0.4 is 0 Å². The number of phenolic OH excluding ortho intramolecular Hbond substituents is 1. The van der Waals surface area contributed by atoms with E-state index in [2.05, 4.69) is 58.6 Å². The Kier molecular flexibility index (Phi) is 5.87. The van der Waals surface area contributed by atoms with Crippen LogP contribution in [-0.4, -0.2) is 47.5 Å². The summed E-state index contributed by atoms with van der Waals surface area (Å²) in [5, 5.41) is 20.3. The summed E-state index contributed by atoms with van der Waals surface area (Å²) in [7, 11) is 0. The fraction of sp³-hybridized carbons (Fsp3) is 0.714. The molecule has 0 spiro atoms. The van der Waals surface area contributed by atoms with Gasteiger partial charge in [0.15, 0.2) is 0 Å². The molecule has 2 rings (SSSR count). The van der Waals surface area contributed by atoms with Crippen LogP contribution in [-0.2, 0) is 15.6 Å². The van der Waals surface area contributed by atoms with Crippen LogP contribution >= 0.6 is 0 Å². The molecular formula is C21H35NO3. The van der Waals surface area contributed by atoms with Crippen molar-refractivity contribution in [3.8, 4) is 5.75 Å². The first kappa shape index (κ1) is 20.2. The largest absolute Gasteiger partial charge is 0.507 e. The Balaban J connectivity index is 2.47. The molecule has 1 saturated heterocycles. The molecule has 0 amide bonds. The van der Waals surface area contributed by atoms with Crippen LogP contribution in [0.1, 0.15) is 71.3 Å². The molecule has 1 aliphatic heterocycles. The lowest BCUT2D eigenvalue weighted by Crippen LogP contribution is -2.45. The summed E-state index contributed by atoms with van der Waals surface area (Å²) in [5.41, 5.74) is 2.75. The van der Waals surface area contributed by atoms with Gasteiger partial charge in [0.1, 0.15) is 5.75 Å². The zero-order valence-corrected chi connectivity index (χ0v) is 16.9. The Labute approximate surface area is 152 Å². The minimum atomic E-state index is -0.146. The number of phenols is 1. The summed E-state index contributed by atoms with van der Waals surface area (Å²) in [6.45, 7) is 17.2. The van der Waals surface area contributed by atoms with Crippen molar-refractivity contribution in [2.45, 2.75) is 71.4 Å². The molecule has 4 nitrogen and oxygen atoms in total. The molecule has 142 valence electrons. The summed E-state index contributed by atoms with van der Waals surface area (Å²) < 4.78 is 6.06. The van der Waals surface area contributed by atoms with Crippen molar-refractivity contribution in [2.75, 3.05) is 26.3 Å². The third-order valence-electron chi connectivity index (χ3n) is 5.11. The Hall–Kier alpha value is -1.10. The van der Waals surface area contributed by atoms with E-state index in [1.54, 1.807) is 0 Å². The van der Waals surface area contributed by atoms with Crippen LogP contribution in [0.4, 0.5) is 0 Å². The van der Waals surface area contributed by atoms with Gasteiger partial charge in [-0.25, -0.2) is 0 Å². The molecule has 0 saturated carbocycles. The topological polar surface area (TPSA) is 52.9 Å². The van der Waals surface area contributed by atoms with Gasteiger partial charge in [0.2, 0.25) is 0 Å². The van der Waals surface area contributed by atoms with Crippen molar-refractivity contribution in [3.05, 3.63) is 28.8 Å². The lowest BCUT2D eigenvalue weighted by Gasteiger charge is -2.37. The molecule has 1 aliphatic rings. The van der Waals surface area contributed by atoms with Gasteiger partial charge in [-0.05, 0) is 46.6 Å². The standard InChI is InChI=1S/C21H35NO3/c1-14(13-23)22-8-9-25-18(12-22)15-10-16(20(2,3)4)19(24)17(11-15)21(5,6)7/h10-11,14,18,23-24H,8-9,12-13H2,1-7H3. The molecule has 0 aromatic heterocycles. The maximum Gasteiger partial charge on any atom is 0.123 e. The molecule has 4 heteroatoms. The van der Waals surface area contributed by atoms with E-state index in [1.165, 1.54) is 0 Å². The third-order valence-corrected chi connectivity index (χ3v) is 5.11. The van der Waals surface area contributed by atoms with E-state index in [0.717, 1.165) is 29.8 Å². The number of aliphatic hydroxyl groups is 1. The molecule has 0 radical (unpaired) electrons. The molecule has 1 aromatic rings. The molecule has 1 aromatic carbocycles. The molecule has 1 fully saturated rings. The zero-order chi connectivity index (χ0) is 19.0. The molecule has 25 heavy (non-hydrogen) atoms. The van der Waals surface area contributed by atoms with Gasteiger partial charge in [-0.1, -0.05) is 41.5 Å². The van der Waals surface area contributed by atoms with E-state index in [9.17, 15) is 10.2 Å². The molecule has 2 unspecified atom stereocenters. The van der Waals surface area contributed by atoms with E-state index in [4.69, 9.17) is 4.74 Å². The van der Waals surface area contributed by atoms with Crippen LogP contribution in [0.5, 0.6) is 5.75 Å². The van der Waals surface area contributed by atoms with E-state index in [0.29, 0.717) is 12.4 Å². The Morgan fingerprint density at radius 2 is 1.64 bits per heavy atom. The van der Waals surface area contributed by atoms with Gasteiger partial charge in [0.25, 0.3) is 0 Å². The highest BCUT2D eigenvalue weighted by Crippen LogP contribution is 2.41. The van der Waals surface area contributed by atoms with Crippen LogP contribution in [0.25, 0.3) is 0 Å². The summed E-state index contributed by atoms with van der Waals surface area (Å²) in [4.78, 5) is 2.27. The average molecular weight is 350 g/mol. The number of aromatic hydroxyl groups is 1. The van der Waals surface area contributed by atoms with Gasteiger partial charge in [-0.15, -0.1) is 0 Å². The number of ether oxygens (including phenoxy) is 1. The quantitative estimate of drug-likeness (QED) is 0.873. The van der Waals surface area contributed by atoms with E-state index in [-0.39, 0.29) is 29.6 Å². The van der Waals surface area contributed by atoms with Crippen LogP contribution in [0.2, 0.25) is 0 Å². The van der Waals surface area contributed by atoms with Crippen molar-refractivity contribution in [1.29, 1.82) is 0 Å². The smallest absolute Gasteiger partial charge is 0.123 e. The zero-order valence-electron chi connectivity index (χ0n) is 16.9. The second-order valence-electron chi connectivity index (χ2n) is 9.35. The van der Waals surface area contributed by atoms with Gasteiger partial charge < -0.3 is 14.9 Å². The predicted molar refractivity (Wildman–Crippen MR) is 102 cm³/mol. The van der Waals surface area contributed by atoms with Gasteiger partial charge in [-0.3, -0.25) is 4.90 Å². The fourth-order valence-corrected chi connectivity index (χ4v) is 3.37. The highest BCUT2D eigenvalue weighted by Gasteiger charge is 2.30. The third kappa shape index (κ3) is 4.55. The van der Waals surface area contributed by atoms with Gasteiger partial charge in [0, 0.05) is 19.1 Å². The number of aliphatic hydroxyl groups excluding tert-OH is 1. The number of rotatable bonds is 3. The van der Waals surface area contributed by atoms with Gasteiger partial charge >= 0.3 is 0 Å². The number of morpholine rings is 1. The van der Waals surface area contributed by atoms with Crippen molar-refractivity contribution in [2.24, 2.45) is 0 Å². The lowest BCUT2D eigenvalue weighted by molar-refractivity contribution is -0.0493. The fourth-order valence-electron chi connectivity index (χ4n) is 3.37. The number of benzene rings is 1. The summed E-state index contributed by atoms with van der Waals surface area (Å²) >= 11 is 0. The van der Waals surface area contributed by atoms with Crippen molar-refractivity contribution in [1.82, 2.24) is 4.90 Å². The van der Waals surface area contributed by atoms with Gasteiger partial charge in [-0.2, -0.15) is 0 Å². The SMILES string of the molecule is CC(CO)N1CCOC(c2cc(C(C)(C)C)c(O)c(C(C)(C)C)c2)C1. The first-order valence-corrected chi connectivity index (χ1v) is 9.29. The monoisotopic (exact) mass is 349 g/mol. The molecular weight excluding hydrogens is 314 g/mol. The Morgan fingerprint density at radius 3 is 2.08 bits per heavy atom. The number of nitrogens with zero attached hydrogens (tertiary/aromatic N) is 1. The molecule has 1 heterocycles. The van der Waals surface area contributed by atoms with Crippen molar-refractivity contribution < 1.29 is 14.9 Å². The highest BCUT2D eigenvalue weighted by molar-refractivity contribution is 5.50. The van der Waals surface area contributed by atoms with E-state index < -0.39 is 0 Å². The van der Waals surface area contributed by atoms with E-state index >= 15 is 0 Å². The summed E-state index contributed by atoms with van der Waals surface area (Å²) in [5.74, 6) is 0.403. The molecule has 0 bridgehead atoms.